The molecule has 0 heterocycles. The van der Waals surface area contributed by atoms with E-state index in [9.17, 15) is 0 Å². The highest BCUT2D eigenvalue weighted by molar-refractivity contribution is 6.51. The molecule has 4 heteroatoms. The van der Waals surface area contributed by atoms with Gasteiger partial charge in [0.15, 0.2) is 0 Å². The van der Waals surface area contributed by atoms with E-state index in [0.29, 0.717) is 0 Å². The van der Waals surface area contributed by atoms with Crippen molar-refractivity contribution in [3.63, 3.8) is 0 Å². The number of rotatable bonds is 3. The fourth-order valence-corrected chi connectivity index (χ4v) is 0.453. The van der Waals surface area contributed by atoms with Gasteiger partial charge < -0.3 is 15.8 Å². The fraction of sp³-hybridized carbons (Fsp3) is 0. The van der Waals surface area contributed by atoms with Crippen LogP contribution in [0.2, 0.25) is 0 Å². The molecule has 0 saturated carbocycles. The molecule has 0 aliphatic heterocycles. The third-order valence-electron chi connectivity index (χ3n) is 0.886. The first-order valence-electron chi connectivity index (χ1n) is 2.72. The van der Waals surface area contributed by atoms with Gasteiger partial charge in [0.1, 0.15) is 0 Å². The van der Waals surface area contributed by atoms with E-state index in [1.807, 2.05) is 0 Å². The molecule has 0 aromatic rings. The lowest BCUT2D eigenvalue weighted by Gasteiger charge is -1.97. The Kier molecular flexibility index (Phi) is 3.53. The van der Waals surface area contributed by atoms with E-state index in [0.717, 1.165) is 0 Å². The second-order valence-electron chi connectivity index (χ2n) is 1.80. The molecule has 0 bridgehead atoms. The summed E-state index contributed by atoms with van der Waals surface area (Å²) in [5.74, 6) is 0. The van der Waals surface area contributed by atoms with Crippen LogP contribution in [0.4, 0.5) is 0 Å². The Morgan fingerprint density at radius 2 is 2.00 bits per heavy atom. The van der Waals surface area contributed by atoms with Crippen LogP contribution in [0.15, 0.2) is 36.5 Å². The first kappa shape index (κ1) is 9.00. The van der Waals surface area contributed by atoms with Crippen molar-refractivity contribution >= 4 is 7.12 Å². The average molecular weight is 139 g/mol. The molecule has 0 atom stereocenters. The zero-order valence-corrected chi connectivity index (χ0v) is 5.62. The second kappa shape index (κ2) is 3.92. The number of hydrogen-bond acceptors (Lipinski definition) is 3. The summed E-state index contributed by atoms with van der Waals surface area (Å²) in [5.41, 5.74) is 5.68. The van der Waals surface area contributed by atoms with Crippen LogP contribution in [0, 0.1) is 0 Å². The van der Waals surface area contributed by atoms with Gasteiger partial charge in [-0.3, -0.25) is 0 Å². The SMILES string of the molecule is C=C/C(=C\C(=C)N)B(O)O. The van der Waals surface area contributed by atoms with Gasteiger partial charge in [-0.05, 0) is 11.5 Å². The minimum atomic E-state index is -1.53. The molecular weight excluding hydrogens is 129 g/mol. The topological polar surface area (TPSA) is 66.5 Å². The predicted molar refractivity (Wildman–Crippen MR) is 41.8 cm³/mol. The highest BCUT2D eigenvalue weighted by atomic mass is 16.4. The maximum absolute atomic E-state index is 8.58. The van der Waals surface area contributed by atoms with E-state index in [4.69, 9.17) is 15.8 Å². The van der Waals surface area contributed by atoms with Crippen molar-refractivity contribution in [2.24, 2.45) is 5.73 Å². The zero-order chi connectivity index (χ0) is 8.15. The lowest BCUT2D eigenvalue weighted by molar-refractivity contribution is 0.420. The largest absolute Gasteiger partial charge is 0.488 e. The first-order chi connectivity index (χ1) is 4.57. The van der Waals surface area contributed by atoms with Gasteiger partial charge in [-0.15, -0.1) is 0 Å². The Morgan fingerprint density at radius 3 is 2.10 bits per heavy atom. The van der Waals surface area contributed by atoms with Crippen molar-refractivity contribution in [3.8, 4) is 0 Å². The molecular formula is C6H10BNO2. The normalized spacial score (nSPS) is 10.8. The van der Waals surface area contributed by atoms with Gasteiger partial charge in [-0.2, -0.15) is 0 Å². The quantitative estimate of drug-likeness (QED) is 0.367. The summed E-state index contributed by atoms with van der Waals surface area (Å²) < 4.78 is 0. The Hall–Kier alpha value is -0.995. The van der Waals surface area contributed by atoms with Crippen LogP contribution in [-0.4, -0.2) is 17.2 Å². The fourth-order valence-electron chi connectivity index (χ4n) is 0.453. The Bertz CT molecular complexity index is 175. The summed E-state index contributed by atoms with van der Waals surface area (Å²) in [5, 5.41) is 17.2. The van der Waals surface area contributed by atoms with Crippen LogP contribution < -0.4 is 5.73 Å². The van der Waals surface area contributed by atoms with Crippen LogP contribution in [0.25, 0.3) is 0 Å². The molecule has 0 aliphatic rings. The molecule has 0 rings (SSSR count). The van der Waals surface area contributed by atoms with Crippen molar-refractivity contribution in [2.75, 3.05) is 0 Å². The van der Waals surface area contributed by atoms with Gasteiger partial charge in [0.05, 0.1) is 0 Å². The van der Waals surface area contributed by atoms with E-state index in [-0.39, 0.29) is 11.2 Å². The van der Waals surface area contributed by atoms with E-state index in [1.54, 1.807) is 0 Å². The summed E-state index contributed by atoms with van der Waals surface area (Å²) in [6, 6.07) is 0. The van der Waals surface area contributed by atoms with Gasteiger partial charge in [0, 0.05) is 5.70 Å². The molecule has 0 fully saturated rings. The van der Waals surface area contributed by atoms with Gasteiger partial charge in [0.25, 0.3) is 0 Å². The number of allylic oxidation sites excluding steroid dienone is 3. The van der Waals surface area contributed by atoms with Crippen molar-refractivity contribution < 1.29 is 10.0 Å². The molecule has 0 spiro atoms. The minimum absolute atomic E-state index is 0.243. The molecule has 4 N–H and O–H groups in total. The van der Waals surface area contributed by atoms with Crippen LogP contribution in [-0.2, 0) is 0 Å². The monoisotopic (exact) mass is 139 g/mol. The standard InChI is InChI=1S/C6H10BNO2/c1-3-6(7(9)10)4-5(2)8/h3-4,9-10H,1-2,8H2/b6-4+. The molecule has 3 nitrogen and oxygen atoms in total. The Morgan fingerprint density at radius 1 is 1.50 bits per heavy atom. The minimum Gasteiger partial charge on any atom is -0.423 e. The molecule has 0 aromatic carbocycles. The molecule has 0 aliphatic carbocycles. The lowest BCUT2D eigenvalue weighted by atomic mass is 9.79. The number of hydrogen-bond donors (Lipinski definition) is 3. The van der Waals surface area contributed by atoms with Crippen molar-refractivity contribution in [1.82, 2.24) is 0 Å². The predicted octanol–water partition coefficient (Wildman–Crippen LogP) is -0.417. The van der Waals surface area contributed by atoms with Crippen LogP contribution in [0.5, 0.6) is 0 Å². The summed E-state index contributed by atoms with van der Waals surface area (Å²) in [6.07, 6.45) is 2.65. The molecule has 0 unspecified atom stereocenters. The van der Waals surface area contributed by atoms with Crippen LogP contribution in [0.3, 0.4) is 0 Å². The highest BCUT2D eigenvalue weighted by Crippen LogP contribution is 1.98. The van der Waals surface area contributed by atoms with E-state index >= 15 is 0 Å². The summed E-state index contributed by atoms with van der Waals surface area (Å²) in [6.45, 7) is 6.71. The van der Waals surface area contributed by atoms with E-state index in [1.165, 1.54) is 12.2 Å². The first-order valence-corrected chi connectivity index (χ1v) is 2.72. The Labute approximate surface area is 60.3 Å². The molecule has 10 heavy (non-hydrogen) atoms. The van der Waals surface area contributed by atoms with Gasteiger partial charge >= 0.3 is 7.12 Å². The van der Waals surface area contributed by atoms with Gasteiger partial charge in [-0.1, -0.05) is 19.2 Å². The third-order valence-corrected chi connectivity index (χ3v) is 0.886. The second-order valence-corrected chi connectivity index (χ2v) is 1.80. The molecule has 0 aromatic heterocycles. The maximum atomic E-state index is 8.58. The molecule has 0 saturated heterocycles. The smallest absolute Gasteiger partial charge is 0.423 e. The van der Waals surface area contributed by atoms with E-state index in [2.05, 4.69) is 13.2 Å². The Balaban J connectivity index is 4.33. The molecule has 0 radical (unpaired) electrons. The van der Waals surface area contributed by atoms with E-state index < -0.39 is 7.12 Å². The molecule has 0 amide bonds. The summed E-state index contributed by atoms with van der Waals surface area (Å²) in [4.78, 5) is 0. The average Bonchev–Trinajstić information content (AvgIpc) is 1.81. The maximum Gasteiger partial charge on any atom is 0.488 e. The lowest BCUT2D eigenvalue weighted by Crippen LogP contribution is -2.14. The summed E-state index contributed by atoms with van der Waals surface area (Å²) in [7, 11) is -1.53. The zero-order valence-electron chi connectivity index (χ0n) is 5.62. The highest BCUT2D eigenvalue weighted by Gasteiger charge is 2.09. The van der Waals surface area contributed by atoms with Gasteiger partial charge in [-0.25, -0.2) is 0 Å². The number of nitrogens with two attached hydrogens (primary N) is 1. The van der Waals surface area contributed by atoms with Crippen LogP contribution >= 0.6 is 0 Å². The molecule has 54 valence electrons. The van der Waals surface area contributed by atoms with Crippen molar-refractivity contribution in [2.45, 2.75) is 0 Å². The van der Waals surface area contributed by atoms with Crippen molar-refractivity contribution in [3.05, 3.63) is 36.5 Å². The van der Waals surface area contributed by atoms with Crippen molar-refractivity contribution in [1.29, 1.82) is 0 Å². The third kappa shape index (κ3) is 3.12. The van der Waals surface area contributed by atoms with Gasteiger partial charge in [0.2, 0.25) is 0 Å². The summed E-state index contributed by atoms with van der Waals surface area (Å²) >= 11 is 0. The van der Waals surface area contributed by atoms with Crippen LogP contribution in [0.1, 0.15) is 0 Å².